The molecule has 0 aliphatic rings. The molecule has 11 heteroatoms. The normalized spacial score (nSPS) is 12.5. The monoisotopic (exact) mass is 435 g/mol. The third-order valence-electron chi connectivity index (χ3n) is 4.56. The van der Waals surface area contributed by atoms with Crippen LogP contribution >= 0.6 is 0 Å². The number of halogens is 1. The maximum absolute atomic E-state index is 14.6. The number of hydroxylamine groups is 1. The molecule has 2 N–H and O–H groups in total. The molecule has 3 aromatic rings. The summed E-state index contributed by atoms with van der Waals surface area (Å²) in [5.74, 6) is -1.80. The minimum Gasteiger partial charge on any atom is -0.364 e. The molecule has 1 amide bonds. The van der Waals surface area contributed by atoms with Crippen LogP contribution < -0.4 is 11.0 Å². The second kappa shape index (κ2) is 8.59. The number of aromatic nitrogens is 2. The first-order valence-electron chi connectivity index (χ1n) is 8.74. The number of carbonyl (C=O) groups excluding carboxylic acids is 1. The first-order chi connectivity index (χ1) is 14.2. The van der Waals surface area contributed by atoms with E-state index >= 15 is 0 Å². The summed E-state index contributed by atoms with van der Waals surface area (Å²) in [6.07, 6.45) is 2.92. The second-order valence-corrected chi connectivity index (χ2v) is 8.84. The lowest BCUT2D eigenvalue weighted by molar-refractivity contribution is -0.128. The minimum absolute atomic E-state index is 0.0794. The predicted octanol–water partition coefficient (Wildman–Crippen LogP) is 1.62. The van der Waals surface area contributed by atoms with Gasteiger partial charge in [-0.1, -0.05) is 29.4 Å². The van der Waals surface area contributed by atoms with E-state index in [0.717, 1.165) is 28.6 Å². The number of sulfone groups is 1. The van der Waals surface area contributed by atoms with E-state index in [-0.39, 0.29) is 18.5 Å². The Hall–Kier alpha value is -3.31. The lowest BCUT2D eigenvalue weighted by atomic mass is 10.0. The van der Waals surface area contributed by atoms with E-state index in [4.69, 9.17) is 9.73 Å². The van der Waals surface area contributed by atoms with Crippen molar-refractivity contribution in [1.82, 2.24) is 15.2 Å². The number of aryl methyl sites for hydroxylation is 1. The molecule has 0 bridgehead atoms. The third-order valence-corrected chi connectivity index (χ3v) is 6.04. The van der Waals surface area contributed by atoms with E-state index in [2.05, 4.69) is 5.16 Å². The van der Waals surface area contributed by atoms with Crippen molar-refractivity contribution in [2.24, 2.45) is 0 Å². The Bertz CT molecular complexity index is 1200. The van der Waals surface area contributed by atoms with Crippen LogP contribution in [0.3, 0.4) is 0 Å². The van der Waals surface area contributed by atoms with Gasteiger partial charge in [-0.3, -0.25) is 14.8 Å². The van der Waals surface area contributed by atoms with Crippen LogP contribution in [-0.2, 0) is 21.2 Å². The molecular weight excluding hydrogens is 417 g/mol. The highest BCUT2D eigenvalue weighted by Gasteiger charge is 2.28. The van der Waals surface area contributed by atoms with Crippen LogP contribution in [0.25, 0.3) is 22.4 Å². The zero-order valence-electron chi connectivity index (χ0n) is 15.8. The molecule has 2 heterocycles. The van der Waals surface area contributed by atoms with Crippen LogP contribution in [0, 0.1) is 5.82 Å². The molecule has 0 fully saturated rings. The summed E-state index contributed by atoms with van der Waals surface area (Å²) in [4.78, 5) is 24.0. The molecule has 9 nitrogen and oxygen atoms in total. The number of rotatable bonds is 7. The van der Waals surface area contributed by atoms with E-state index in [9.17, 15) is 22.4 Å². The summed E-state index contributed by atoms with van der Waals surface area (Å²) >= 11 is 0. The van der Waals surface area contributed by atoms with E-state index in [1.54, 1.807) is 30.3 Å². The van der Waals surface area contributed by atoms with Crippen molar-refractivity contribution in [3.8, 4) is 22.4 Å². The number of hydrogen-bond donors (Lipinski definition) is 2. The quantitative estimate of drug-likeness (QED) is 0.426. The fourth-order valence-corrected chi connectivity index (χ4v) is 3.97. The summed E-state index contributed by atoms with van der Waals surface area (Å²) in [5.41, 5.74) is 2.65. The Morgan fingerprint density at radius 1 is 1.27 bits per heavy atom. The van der Waals surface area contributed by atoms with Crippen molar-refractivity contribution in [2.45, 2.75) is 18.2 Å². The van der Waals surface area contributed by atoms with Gasteiger partial charge < -0.3 is 9.09 Å². The Kier molecular flexibility index (Phi) is 6.13. The number of nitrogens with one attached hydrogen (secondary N) is 1. The lowest BCUT2D eigenvalue weighted by Gasteiger charge is -2.14. The average Bonchev–Trinajstić information content (AvgIpc) is 3.24. The Balaban J connectivity index is 1.83. The molecular formula is C19H18FN3O6S. The summed E-state index contributed by atoms with van der Waals surface area (Å²) in [5, 5.41) is 11.0. The second-order valence-electron chi connectivity index (χ2n) is 6.61. The first kappa shape index (κ1) is 21.4. The van der Waals surface area contributed by atoms with Crippen molar-refractivity contribution in [3.63, 3.8) is 0 Å². The van der Waals surface area contributed by atoms with Gasteiger partial charge in [0.2, 0.25) is 0 Å². The van der Waals surface area contributed by atoms with Gasteiger partial charge in [0.05, 0.1) is 0 Å². The highest BCUT2D eigenvalue weighted by molar-refractivity contribution is 7.92. The topological polar surface area (TPSA) is 131 Å². The van der Waals surface area contributed by atoms with Gasteiger partial charge in [0.1, 0.15) is 23.0 Å². The first-order valence-corrected chi connectivity index (χ1v) is 10.7. The van der Waals surface area contributed by atoms with Gasteiger partial charge in [-0.2, -0.15) is 0 Å². The van der Waals surface area contributed by atoms with Crippen LogP contribution in [-0.4, -0.2) is 40.8 Å². The number of nitrogens with zero attached hydrogens (tertiary/aromatic N) is 2. The number of amides is 1. The molecule has 158 valence electrons. The molecule has 0 spiro atoms. The van der Waals surface area contributed by atoms with Crippen molar-refractivity contribution >= 4 is 15.7 Å². The number of pyridine rings is 1. The molecule has 1 aromatic carbocycles. The van der Waals surface area contributed by atoms with Gasteiger partial charge in [-0.15, -0.1) is 0 Å². The molecule has 1 atom stereocenters. The van der Waals surface area contributed by atoms with Crippen LogP contribution in [0.5, 0.6) is 0 Å². The van der Waals surface area contributed by atoms with Crippen LogP contribution in [0.4, 0.5) is 4.39 Å². The minimum atomic E-state index is -3.84. The number of hydrogen-bond acceptors (Lipinski definition) is 7. The van der Waals surface area contributed by atoms with Gasteiger partial charge in [-0.05, 0) is 12.0 Å². The largest absolute Gasteiger partial charge is 0.364 e. The average molecular weight is 435 g/mol. The van der Waals surface area contributed by atoms with E-state index in [0.29, 0.717) is 11.3 Å². The standard InChI is InChI=1S/C19H18FN3O6S/c1-30(27,28)17(19(25)21-26)6-8-23-11-15(20)14(10-18(23)24)12-2-4-13(5-3-12)16-7-9-29-22-16/h2-5,7,9-11,17,26H,6,8H2,1H3,(H,21,25)/t17-/m1/s1. The van der Waals surface area contributed by atoms with Gasteiger partial charge in [0.25, 0.3) is 11.5 Å². The zero-order valence-corrected chi connectivity index (χ0v) is 16.6. The molecule has 3 rings (SSSR count). The van der Waals surface area contributed by atoms with Gasteiger partial charge in [-0.25, -0.2) is 18.3 Å². The summed E-state index contributed by atoms with van der Waals surface area (Å²) < 4.78 is 43.8. The summed E-state index contributed by atoms with van der Waals surface area (Å²) in [6.45, 7) is -0.230. The molecule has 0 radical (unpaired) electrons. The molecule has 0 unspecified atom stereocenters. The molecule has 2 aromatic heterocycles. The van der Waals surface area contributed by atoms with E-state index < -0.39 is 32.4 Å². The fourth-order valence-electron chi connectivity index (χ4n) is 2.99. The Morgan fingerprint density at radius 3 is 2.50 bits per heavy atom. The van der Waals surface area contributed by atoms with Crippen LogP contribution in [0.2, 0.25) is 0 Å². The molecule has 0 aliphatic heterocycles. The zero-order chi connectivity index (χ0) is 21.9. The van der Waals surface area contributed by atoms with Crippen LogP contribution in [0.15, 0.2) is 58.2 Å². The van der Waals surface area contributed by atoms with Gasteiger partial charge in [0, 0.05) is 42.3 Å². The third kappa shape index (κ3) is 4.63. The van der Waals surface area contributed by atoms with E-state index in [1.165, 1.54) is 11.7 Å². The number of carbonyl (C=O) groups is 1. The predicted molar refractivity (Wildman–Crippen MR) is 105 cm³/mol. The Labute approximate surface area is 170 Å². The summed E-state index contributed by atoms with van der Waals surface area (Å²) in [7, 11) is -3.84. The smallest absolute Gasteiger partial charge is 0.261 e. The van der Waals surface area contributed by atoms with Crippen molar-refractivity contribution in [3.05, 3.63) is 65.0 Å². The Morgan fingerprint density at radius 2 is 1.93 bits per heavy atom. The SMILES string of the molecule is CS(=O)(=O)[C@H](CCn1cc(F)c(-c2ccc(-c3ccon3)cc2)cc1=O)C(=O)NO. The van der Waals surface area contributed by atoms with E-state index in [1.807, 2.05) is 0 Å². The van der Waals surface area contributed by atoms with Crippen molar-refractivity contribution < 1.29 is 27.3 Å². The summed E-state index contributed by atoms with van der Waals surface area (Å²) in [6, 6.07) is 9.47. The molecule has 0 aliphatic carbocycles. The maximum atomic E-state index is 14.6. The van der Waals surface area contributed by atoms with Gasteiger partial charge in [0.15, 0.2) is 9.84 Å². The maximum Gasteiger partial charge on any atom is 0.261 e. The molecule has 30 heavy (non-hydrogen) atoms. The molecule has 0 saturated carbocycles. The lowest BCUT2D eigenvalue weighted by Crippen LogP contribution is -2.39. The number of benzene rings is 1. The molecule has 0 saturated heterocycles. The highest BCUT2D eigenvalue weighted by atomic mass is 32.2. The van der Waals surface area contributed by atoms with Gasteiger partial charge >= 0.3 is 0 Å². The van der Waals surface area contributed by atoms with Crippen LogP contribution in [0.1, 0.15) is 6.42 Å². The van der Waals surface area contributed by atoms with Crippen molar-refractivity contribution in [2.75, 3.05) is 6.26 Å². The fraction of sp³-hybridized carbons (Fsp3) is 0.211. The van der Waals surface area contributed by atoms with Crippen molar-refractivity contribution in [1.29, 1.82) is 0 Å². The highest BCUT2D eigenvalue weighted by Crippen LogP contribution is 2.25.